The number of likely N-dealkylation sites (N-methyl/N-ethyl adjacent to an activating group) is 5. The monoisotopic (exact) mass is 1460 g/mol. The number of hydrogen-bond acceptors (Lipinski definition) is 16. The van der Waals surface area contributed by atoms with Crippen molar-refractivity contribution in [3.05, 3.63) is 71.8 Å². The Hall–Kier alpha value is -9.75. The average Bonchev–Trinajstić information content (AvgIpc) is 1.29. The second-order valence-corrected chi connectivity index (χ2v) is 28.2. The minimum atomic E-state index is -1.75. The van der Waals surface area contributed by atoms with Crippen molar-refractivity contribution in [2.24, 2.45) is 51.6 Å². The third kappa shape index (κ3) is 24.2. The van der Waals surface area contributed by atoms with Crippen LogP contribution >= 0.6 is 0 Å². The molecule has 2 aliphatic rings. The van der Waals surface area contributed by atoms with Crippen molar-refractivity contribution in [3.63, 3.8) is 0 Å². The van der Waals surface area contributed by atoms with E-state index in [9.17, 15) is 53.1 Å². The number of aliphatic carboxylic acids is 1. The van der Waals surface area contributed by atoms with Crippen molar-refractivity contribution in [3.8, 4) is 0 Å². The fourth-order valence-corrected chi connectivity index (χ4v) is 13.5. The summed E-state index contributed by atoms with van der Waals surface area (Å²) in [5.74, 6) is -13.9. The molecule has 2 fully saturated rings. The van der Waals surface area contributed by atoms with Crippen LogP contribution in [0.1, 0.15) is 131 Å². The lowest BCUT2D eigenvalue weighted by Gasteiger charge is -2.42. The van der Waals surface area contributed by atoms with Gasteiger partial charge in [0.05, 0.1) is 12.8 Å². The molecule has 0 spiro atoms. The summed E-state index contributed by atoms with van der Waals surface area (Å²) < 4.78 is 5.00. The molecule has 0 saturated carbocycles. The summed E-state index contributed by atoms with van der Waals surface area (Å²) in [6, 6.07) is 2.70. The number of guanidine groups is 1. The number of carbonyl (C=O) groups excluding carboxylic acids is 13. The first-order valence-corrected chi connectivity index (χ1v) is 35.5. The summed E-state index contributed by atoms with van der Waals surface area (Å²) in [6.07, 6.45) is 0.0984. The van der Waals surface area contributed by atoms with Crippen LogP contribution in [0, 0.1) is 23.7 Å². The highest BCUT2D eigenvalue weighted by molar-refractivity contribution is 6.01. The number of hydrogen-bond donors (Lipinski definition) is 9. The van der Waals surface area contributed by atoms with Gasteiger partial charge in [0, 0.05) is 74.8 Å². The van der Waals surface area contributed by atoms with Gasteiger partial charge in [-0.15, -0.1) is 0 Å². The maximum atomic E-state index is 15.3. The molecule has 2 heterocycles. The number of nitrogens with one attached hydrogen (secondary N) is 4. The Balaban J connectivity index is 1.63. The summed E-state index contributed by atoms with van der Waals surface area (Å²) in [7, 11) is 8.03. The molecule has 13 amide bonds. The van der Waals surface area contributed by atoms with Crippen molar-refractivity contribution in [1.82, 2.24) is 55.6 Å². The Kier molecular flexibility index (Phi) is 34.1. The lowest BCUT2D eigenvalue weighted by atomic mass is 9.92. The second-order valence-electron chi connectivity index (χ2n) is 28.2. The number of nitrogens with zero attached hydrogens (tertiary/aromatic N) is 8. The number of rotatable bonds is 40. The van der Waals surface area contributed by atoms with E-state index in [1.165, 1.54) is 61.9 Å². The van der Waals surface area contributed by atoms with Gasteiger partial charge in [-0.1, -0.05) is 122 Å². The van der Waals surface area contributed by atoms with Crippen molar-refractivity contribution in [2.45, 2.75) is 199 Å². The van der Waals surface area contributed by atoms with E-state index in [1.54, 1.807) is 116 Å². The van der Waals surface area contributed by atoms with E-state index in [2.05, 4.69) is 26.3 Å². The van der Waals surface area contributed by atoms with Crippen LogP contribution in [0.4, 0.5) is 0 Å². The molecule has 0 unspecified atom stereocenters. The van der Waals surface area contributed by atoms with Crippen LogP contribution < -0.4 is 44.2 Å². The van der Waals surface area contributed by atoms with Gasteiger partial charge in [-0.2, -0.15) is 0 Å². The maximum Gasteiger partial charge on any atom is 0.326 e. The first-order chi connectivity index (χ1) is 48.9. The molecule has 0 radical (unpaired) electrons. The zero-order valence-electron chi connectivity index (χ0n) is 62.7. The number of ether oxygens (including phenoxy) is 1. The van der Waals surface area contributed by atoms with Crippen molar-refractivity contribution >= 4 is 88.7 Å². The Morgan fingerprint density at radius 3 is 1.53 bits per heavy atom. The molecule has 32 heteroatoms. The third-order valence-corrected chi connectivity index (χ3v) is 19.2. The zero-order valence-corrected chi connectivity index (χ0v) is 62.7. The molecule has 2 aromatic carbocycles. The molecule has 0 bridgehead atoms. The minimum Gasteiger partial charge on any atom is -0.480 e. The fraction of sp³-hybridized carbons (Fsp3) is 0.625. The van der Waals surface area contributed by atoms with Crippen LogP contribution in [0.2, 0.25) is 0 Å². The standard InChI is InChI=1S/C72H112N16O16/c1-15-44(8)60(86(13)66(97)54(39-56(74)90)83(10)69(100)58(42(4)5)84(11)64(95)49(78-57(91)40-104-14)36-45-25-18-16-19-26-45)70(101)85(12)59(43(6)7)68(99)82(9)53(35-41(2)3)63(94)80-48(38-55(73)89)61(92)81-50(37-46-27-20-17-21-28-46)65(96)88-34-24-31-52(88)67(98)87-33-23-30-51(87)62(93)79-47(71(102)103)29-22-32-77-72(75)76/h16-21,25-28,41-44,47-54,58-60H,15,22-24,29-40H2,1-14H3,(H2,73,89)(H2,74,90)(H,78,91)(H,79,93)(H,80,94)(H,81,92)(H,102,103)(H4,75,76,77)/t44-,47+,48+,49-,50-,51+,52+,53+,54+,58+,59+,60+/m1/s1. The Morgan fingerprint density at radius 1 is 0.558 bits per heavy atom. The van der Waals surface area contributed by atoms with Crippen molar-refractivity contribution in [2.75, 3.05) is 68.6 Å². The van der Waals surface area contributed by atoms with Crippen molar-refractivity contribution in [1.29, 1.82) is 0 Å². The highest BCUT2D eigenvalue weighted by Crippen LogP contribution is 2.29. The van der Waals surface area contributed by atoms with E-state index in [0.29, 0.717) is 30.4 Å². The van der Waals surface area contributed by atoms with Crippen LogP contribution in [0.5, 0.6) is 0 Å². The fourth-order valence-electron chi connectivity index (χ4n) is 13.5. The zero-order chi connectivity index (χ0) is 78.1. The summed E-state index contributed by atoms with van der Waals surface area (Å²) in [5, 5.41) is 20.5. The predicted octanol–water partition coefficient (Wildman–Crippen LogP) is -0.532. The Morgan fingerprint density at radius 2 is 1.04 bits per heavy atom. The molecule has 2 aliphatic heterocycles. The number of amides is 13. The summed E-state index contributed by atoms with van der Waals surface area (Å²) in [5.41, 5.74) is 23.6. The quantitative estimate of drug-likeness (QED) is 0.0230. The number of nitrogens with two attached hydrogens (primary N) is 4. The molecule has 104 heavy (non-hydrogen) atoms. The predicted molar refractivity (Wildman–Crippen MR) is 386 cm³/mol. The largest absolute Gasteiger partial charge is 0.480 e. The van der Waals surface area contributed by atoms with Gasteiger partial charge in [-0.05, 0) is 79.7 Å². The Labute approximate surface area is 609 Å². The van der Waals surface area contributed by atoms with Gasteiger partial charge in [-0.3, -0.25) is 67.3 Å². The van der Waals surface area contributed by atoms with E-state index in [4.69, 9.17) is 27.7 Å². The molecule has 0 aliphatic carbocycles. The van der Waals surface area contributed by atoms with Crippen LogP contribution in [0.15, 0.2) is 65.7 Å². The SMILES string of the molecule is CC[C@@H](C)[C@@H](C(=O)N(C)[C@H](C(=O)N(C)[C@@H](CC(C)C)C(=O)N[C@@H](CC(N)=O)C(=O)N[C@H](Cc1ccccc1)C(=O)N1CCC[C@H]1C(=O)N1CCC[C@H]1C(=O)N[C@@H](CCCN=C(N)N)C(=O)O)C(C)C)N(C)C(=O)[C@H](CC(N)=O)N(C)C(=O)[C@H](C(C)C)N(C)C(=O)[C@@H](Cc1ccccc1)NC(=O)COC. The lowest BCUT2D eigenvalue weighted by Crippen LogP contribution is -2.63. The van der Waals surface area contributed by atoms with E-state index >= 15 is 19.2 Å². The van der Waals surface area contributed by atoms with Gasteiger partial charge < -0.3 is 88.3 Å². The first kappa shape index (κ1) is 86.7. The van der Waals surface area contributed by atoms with Crippen LogP contribution in [0.25, 0.3) is 0 Å². The highest BCUT2D eigenvalue weighted by atomic mass is 16.5. The molecule has 2 saturated heterocycles. The van der Waals surface area contributed by atoms with E-state index in [1.807, 2.05) is 0 Å². The summed E-state index contributed by atoms with van der Waals surface area (Å²) >= 11 is 0. The number of carboxylic acids is 1. The minimum absolute atomic E-state index is 0.00666. The molecule has 0 aromatic heterocycles. The molecular weight excluding hydrogens is 1340 g/mol. The molecule has 576 valence electrons. The van der Waals surface area contributed by atoms with Gasteiger partial charge >= 0.3 is 5.97 Å². The van der Waals surface area contributed by atoms with Crippen molar-refractivity contribution < 1.29 is 77.0 Å². The number of likely N-dealkylation sites (tertiary alicyclic amines) is 2. The van der Waals surface area contributed by atoms with Gasteiger partial charge in [0.25, 0.3) is 0 Å². The average molecular weight is 1460 g/mol. The van der Waals surface area contributed by atoms with Gasteiger partial charge in [0.2, 0.25) is 76.8 Å². The topological polar surface area (TPSA) is 456 Å². The third-order valence-electron chi connectivity index (χ3n) is 19.2. The Bertz CT molecular complexity index is 3350. The van der Waals surface area contributed by atoms with Gasteiger partial charge in [0.1, 0.15) is 73.1 Å². The molecular formula is C72H112N16O16. The molecule has 13 N–H and O–H groups in total. The van der Waals surface area contributed by atoms with Crippen LogP contribution in [0.3, 0.4) is 0 Å². The molecule has 32 nitrogen and oxygen atoms in total. The highest BCUT2D eigenvalue weighted by Gasteiger charge is 2.48. The summed E-state index contributed by atoms with van der Waals surface area (Å²) in [4.78, 5) is 211. The second kappa shape index (κ2) is 40.9. The van der Waals surface area contributed by atoms with Crippen LogP contribution in [-0.2, 0) is 84.7 Å². The number of primary amides is 2. The smallest absolute Gasteiger partial charge is 0.326 e. The molecule has 4 rings (SSSR count). The normalized spacial score (nSPS) is 17.1. The number of carboxylic acid groups (broad SMARTS) is 1. The van der Waals surface area contributed by atoms with E-state index < -0.39 is 180 Å². The van der Waals surface area contributed by atoms with E-state index in [0.717, 1.165) is 14.7 Å². The van der Waals surface area contributed by atoms with E-state index in [-0.39, 0.29) is 83.1 Å². The molecule has 12 atom stereocenters. The number of carbonyl (C=O) groups is 14. The number of benzene rings is 2. The van der Waals surface area contributed by atoms with Gasteiger partial charge in [0.15, 0.2) is 5.96 Å². The summed E-state index contributed by atoms with van der Waals surface area (Å²) in [6.45, 7) is 13.7. The number of methoxy groups -OCH3 is 1. The van der Waals surface area contributed by atoms with Crippen LogP contribution in [-0.4, -0.2) is 263 Å². The van der Waals surface area contributed by atoms with Gasteiger partial charge in [-0.25, -0.2) is 4.79 Å². The lowest BCUT2D eigenvalue weighted by molar-refractivity contribution is -0.158. The maximum absolute atomic E-state index is 15.3. The molecule has 2 aromatic rings. The number of aliphatic imine (C=N–C) groups is 1. The first-order valence-electron chi connectivity index (χ1n) is 35.5.